The van der Waals surface area contributed by atoms with Crippen LogP contribution in [0.4, 0.5) is 0 Å². The largest absolute Gasteiger partial charge is 0.468 e. The van der Waals surface area contributed by atoms with Gasteiger partial charge in [-0.25, -0.2) is 13.4 Å². The lowest BCUT2D eigenvalue weighted by Gasteiger charge is -2.09. The molecule has 0 aliphatic carbocycles. The molecule has 6 nitrogen and oxygen atoms in total. The van der Waals surface area contributed by atoms with E-state index in [-0.39, 0.29) is 17.4 Å². The molecule has 2 aromatic rings. The summed E-state index contributed by atoms with van der Waals surface area (Å²) in [4.78, 5) is 15.8. The van der Waals surface area contributed by atoms with Crippen molar-refractivity contribution >= 4 is 15.8 Å². The minimum absolute atomic E-state index is 0.0485. The lowest BCUT2D eigenvalue weighted by atomic mass is 10.1. The zero-order chi connectivity index (χ0) is 15.5. The van der Waals surface area contributed by atoms with E-state index in [1.807, 2.05) is 0 Å². The molecule has 112 valence electrons. The predicted molar refractivity (Wildman–Crippen MR) is 76.6 cm³/mol. The van der Waals surface area contributed by atoms with Crippen LogP contribution in [0.5, 0.6) is 0 Å². The van der Waals surface area contributed by atoms with E-state index in [9.17, 15) is 13.2 Å². The van der Waals surface area contributed by atoms with Crippen molar-refractivity contribution in [3.8, 4) is 0 Å². The predicted octanol–water partition coefficient (Wildman–Crippen LogP) is 1.05. The Morgan fingerprint density at radius 1 is 1.33 bits per heavy atom. The van der Waals surface area contributed by atoms with Gasteiger partial charge in [0.15, 0.2) is 9.84 Å². The number of hydrogen-bond donors (Lipinski definition) is 0. The van der Waals surface area contributed by atoms with Crippen molar-refractivity contribution in [1.82, 2.24) is 9.55 Å². The van der Waals surface area contributed by atoms with Gasteiger partial charge in [0.2, 0.25) is 0 Å². The SMILES string of the molecule is COC(=O)Cn1ccnc1Cc1ccccc1S(C)(=O)=O. The van der Waals surface area contributed by atoms with Crippen LogP contribution in [0.25, 0.3) is 0 Å². The quantitative estimate of drug-likeness (QED) is 0.772. The molecule has 21 heavy (non-hydrogen) atoms. The van der Waals surface area contributed by atoms with E-state index >= 15 is 0 Å². The minimum Gasteiger partial charge on any atom is -0.468 e. The van der Waals surface area contributed by atoms with E-state index in [4.69, 9.17) is 0 Å². The molecule has 0 saturated heterocycles. The van der Waals surface area contributed by atoms with Crippen molar-refractivity contribution in [2.75, 3.05) is 13.4 Å². The summed E-state index contributed by atoms with van der Waals surface area (Å²) in [7, 11) is -1.99. The van der Waals surface area contributed by atoms with Crippen molar-refractivity contribution in [3.05, 3.63) is 48.0 Å². The molecular formula is C14H16N2O4S. The smallest absolute Gasteiger partial charge is 0.325 e. The molecule has 1 aromatic heterocycles. The molecular weight excluding hydrogens is 292 g/mol. The number of aromatic nitrogens is 2. The lowest BCUT2D eigenvalue weighted by Crippen LogP contribution is -2.14. The van der Waals surface area contributed by atoms with Crippen LogP contribution in [0.2, 0.25) is 0 Å². The van der Waals surface area contributed by atoms with Crippen LogP contribution >= 0.6 is 0 Å². The zero-order valence-electron chi connectivity index (χ0n) is 11.8. The number of ether oxygens (including phenoxy) is 1. The van der Waals surface area contributed by atoms with Crippen LogP contribution in [-0.4, -0.2) is 37.3 Å². The highest BCUT2D eigenvalue weighted by atomic mass is 32.2. The average molecular weight is 308 g/mol. The standard InChI is InChI=1S/C14H16N2O4S/c1-20-14(17)10-16-8-7-15-13(16)9-11-5-3-4-6-12(11)21(2,18)19/h3-8H,9-10H2,1-2H3. The number of carbonyl (C=O) groups is 1. The molecule has 1 heterocycles. The second-order valence-electron chi connectivity index (χ2n) is 4.60. The van der Waals surface area contributed by atoms with Crippen molar-refractivity contribution in [2.45, 2.75) is 17.9 Å². The number of imidazole rings is 1. The molecule has 2 rings (SSSR count). The maximum Gasteiger partial charge on any atom is 0.325 e. The first-order chi connectivity index (χ1) is 9.91. The van der Waals surface area contributed by atoms with Crippen LogP contribution in [0.15, 0.2) is 41.6 Å². The Morgan fingerprint density at radius 3 is 2.71 bits per heavy atom. The van der Waals surface area contributed by atoms with E-state index in [1.54, 1.807) is 41.2 Å². The fraction of sp³-hybridized carbons (Fsp3) is 0.286. The van der Waals surface area contributed by atoms with Crippen molar-refractivity contribution in [2.24, 2.45) is 0 Å². The lowest BCUT2D eigenvalue weighted by molar-refractivity contribution is -0.141. The Bertz CT molecular complexity index is 750. The molecule has 0 radical (unpaired) electrons. The fourth-order valence-corrected chi connectivity index (χ4v) is 2.98. The molecule has 7 heteroatoms. The summed E-state index contributed by atoms with van der Waals surface area (Å²) >= 11 is 0. The number of esters is 1. The molecule has 0 aliphatic heterocycles. The first-order valence-corrected chi connectivity index (χ1v) is 8.15. The summed E-state index contributed by atoms with van der Waals surface area (Å²) in [5.74, 6) is 0.224. The second-order valence-corrected chi connectivity index (χ2v) is 6.59. The summed E-state index contributed by atoms with van der Waals surface area (Å²) < 4.78 is 29.8. The van der Waals surface area contributed by atoms with Crippen LogP contribution in [0.1, 0.15) is 11.4 Å². The molecule has 1 aromatic carbocycles. The molecule has 0 aliphatic rings. The fourth-order valence-electron chi connectivity index (χ4n) is 2.04. The molecule has 0 N–H and O–H groups in total. The normalized spacial score (nSPS) is 11.3. The van der Waals surface area contributed by atoms with Crippen LogP contribution < -0.4 is 0 Å². The maximum absolute atomic E-state index is 11.8. The van der Waals surface area contributed by atoms with Gasteiger partial charge in [0.1, 0.15) is 12.4 Å². The molecule has 0 unspecified atom stereocenters. The molecule has 0 bridgehead atoms. The second kappa shape index (κ2) is 6.09. The van der Waals surface area contributed by atoms with Gasteiger partial charge in [-0.05, 0) is 11.6 Å². The molecule has 0 saturated carbocycles. The van der Waals surface area contributed by atoms with E-state index in [0.717, 1.165) is 0 Å². The Balaban J connectivity index is 2.32. The van der Waals surface area contributed by atoms with E-state index in [0.29, 0.717) is 17.8 Å². The third kappa shape index (κ3) is 3.69. The summed E-state index contributed by atoms with van der Waals surface area (Å²) in [6.45, 7) is 0.0485. The number of rotatable bonds is 5. The van der Waals surface area contributed by atoms with Crippen LogP contribution in [0, 0.1) is 0 Å². The molecule has 0 atom stereocenters. The monoisotopic (exact) mass is 308 g/mol. The Labute approximate surface area is 123 Å². The summed E-state index contributed by atoms with van der Waals surface area (Å²) in [6, 6.07) is 6.77. The number of benzene rings is 1. The van der Waals surface area contributed by atoms with Gasteiger partial charge in [-0.2, -0.15) is 0 Å². The first kappa shape index (κ1) is 15.2. The Kier molecular flexibility index (Phi) is 4.42. The number of sulfone groups is 1. The van der Waals surface area contributed by atoms with Gasteiger partial charge in [-0.1, -0.05) is 18.2 Å². The Morgan fingerprint density at radius 2 is 2.05 bits per heavy atom. The first-order valence-electron chi connectivity index (χ1n) is 6.26. The average Bonchev–Trinajstić information content (AvgIpc) is 2.85. The summed E-state index contributed by atoms with van der Waals surface area (Å²) in [6.07, 6.45) is 4.73. The number of methoxy groups -OCH3 is 1. The van der Waals surface area contributed by atoms with Gasteiger partial charge in [0, 0.05) is 25.1 Å². The number of carbonyl (C=O) groups excluding carboxylic acids is 1. The van der Waals surface area contributed by atoms with Crippen LogP contribution in [0.3, 0.4) is 0 Å². The van der Waals surface area contributed by atoms with Gasteiger partial charge in [0.05, 0.1) is 12.0 Å². The summed E-state index contributed by atoms with van der Waals surface area (Å²) in [5, 5.41) is 0. The third-order valence-electron chi connectivity index (χ3n) is 3.05. The summed E-state index contributed by atoms with van der Waals surface area (Å²) in [5.41, 5.74) is 0.650. The van der Waals surface area contributed by atoms with Gasteiger partial charge in [0.25, 0.3) is 0 Å². The van der Waals surface area contributed by atoms with Crippen molar-refractivity contribution in [3.63, 3.8) is 0 Å². The highest BCUT2D eigenvalue weighted by Gasteiger charge is 2.15. The third-order valence-corrected chi connectivity index (χ3v) is 4.25. The minimum atomic E-state index is -3.31. The number of hydrogen-bond acceptors (Lipinski definition) is 5. The maximum atomic E-state index is 11.8. The zero-order valence-corrected chi connectivity index (χ0v) is 12.6. The van der Waals surface area contributed by atoms with Crippen molar-refractivity contribution < 1.29 is 17.9 Å². The van der Waals surface area contributed by atoms with E-state index in [2.05, 4.69) is 9.72 Å². The van der Waals surface area contributed by atoms with Gasteiger partial charge in [-0.3, -0.25) is 4.79 Å². The van der Waals surface area contributed by atoms with Gasteiger partial charge >= 0.3 is 5.97 Å². The van der Waals surface area contributed by atoms with Gasteiger partial charge in [-0.15, -0.1) is 0 Å². The molecule has 0 amide bonds. The highest BCUT2D eigenvalue weighted by molar-refractivity contribution is 7.90. The van der Waals surface area contributed by atoms with Gasteiger partial charge < -0.3 is 9.30 Å². The molecule has 0 spiro atoms. The van der Waals surface area contributed by atoms with Crippen molar-refractivity contribution in [1.29, 1.82) is 0 Å². The number of nitrogens with zero attached hydrogens (tertiary/aromatic N) is 2. The van der Waals surface area contributed by atoms with Crippen LogP contribution in [-0.2, 0) is 32.3 Å². The Hall–Kier alpha value is -2.15. The highest BCUT2D eigenvalue weighted by Crippen LogP contribution is 2.18. The molecule has 0 fully saturated rings. The van der Waals surface area contributed by atoms with E-state index < -0.39 is 9.84 Å². The topological polar surface area (TPSA) is 78.3 Å². The van der Waals surface area contributed by atoms with E-state index in [1.165, 1.54) is 13.4 Å².